The normalized spacial score (nSPS) is 10.6. The summed E-state index contributed by atoms with van der Waals surface area (Å²) < 4.78 is 11.8. The summed E-state index contributed by atoms with van der Waals surface area (Å²) in [4.78, 5) is 19.4. The highest BCUT2D eigenvalue weighted by molar-refractivity contribution is 9.10. The molecule has 5 nitrogen and oxygen atoms in total. The van der Waals surface area contributed by atoms with E-state index in [1.807, 2.05) is 58.8 Å². The lowest BCUT2D eigenvalue weighted by atomic mass is 10.2. The van der Waals surface area contributed by atoms with Gasteiger partial charge in [0, 0.05) is 22.0 Å². The molecule has 29 heavy (non-hydrogen) atoms. The van der Waals surface area contributed by atoms with Gasteiger partial charge in [0.25, 0.3) is 5.91 Å². The molecule has 3 rings (SSSR count). The van der Waals surface area contributed by atoms with Gasteiger partial charge in [-0.25, -0.2) is 4.98 Å². The lowest BCUT2D eigenvalue weighted by Gasteiger charge is -2.21. The van der Waals surface area contributed by atoms with E-state index in [0.717, 1.165) is 33.1 Å². The molecule has 2 aromatic carbocycles. The van der Waals surface area contributed by atoms with Gasteiger partial charge in [-0.1, -0.05) is 28.9 Å². The van der Waals surface area contributed by atoms with Crippen molar-refractivity contribution in [3.05, 3.63) is 74.6 Å². The van der Waals surface area contributed by atoms with Crippen molar-refractivity contribution in [3.63, 3.8) is 0 Å². The van der Waals surface area contributed by atoms with Gasteiger partial charge in [0.2, 0.25) is 0 Å². The predicted octanol–water partition coefficient (Wildman–Crippen LogP) is 5.55. The van der Waals surface area contributed by atoms with E-state index >= 15 is 0 Å². The van der Waals surface area contributed by atoms with E-state index in [9.17, 15) is 4.79 Å². The zero-order valence-corrected chi connectivity index (χ0v) is 18.8. The second-order valence-electron chi connectivity index (χ2n) is 6.43. The first-order valence-corrected chi connectivity index (χ1v) is 11.0. The molecule has 0 spiro atoms. The van der Waals surface area contributed by atoms with Gasteiger partial charge in [0.1, 0.15) is 23.1 Å². The minimum atomic E-state index is 0.0113. The Hall–Kier alpha value is -2.38. The molecule has 0 bridgehead atoms. The molecule has 0 aliphatic heterocycles. The number of methoxy groups -OCH3 is 1. The maximum absolute atomic E-state index is 12.9. The molecule has 3 aromatic rings. The highest BCUT2D eigenvalue weighted by Crippen LogP contribution is 2.20. The maximum atomic E-state index is 12.9. The van der Waals surface area contributed by atoms with Gasteiger partial charge in [-0.05, 0) is 48.9 Å². The average Bonchev–Trinajstić information content (AvgIpc) is 3.19. The quantitative estimate of drug-likeness (QED) is 0.408. The molecule has 1 heterocycles. The molecule has 0 unspecified atom stereocenters. The summed E-state index contributed by atoms with van der Waals surface area (Å²) >= 11 is 4.97. The van der Waals surface area contributed by atoms with Crippen molar-refractivity contribution in [3.8, 4) is 11.5 Å². The first-order chi connectivity index (χ1) is 14.1. The summed E-state index contributed by atoms with van der Waals surface area (Å²) in [5, 5.41) is 2.87. The van der Waals surface area contributed by atoms with E-state index < -0.39 is 0 Å². The van der Waals surface area contributed by atoms with Crippen molar-refractivity contribution < 1.29 is 14.3 Å². The van der Waals surface area contributed by atoms with Crippen molar-refractivity contribution in [1.82, 2.24) is 9.88 Å². The van der Waals surface area contributed by atoms with E-state index in [0.29, 0.717) is 25.3 Å². The summed E-state index contributed by atoms with van der Waals surface area (Å²) in [6.45, 7) is 3.62. The number of hydrogen-bond acceptors (Lipinski definition) is 5. The van der Waals surface area contributed by atoms with Gasteiger partial charge >= 0.3 is 0 Å². The molecule has 0 radical (unpaired) electrons. The van der Waals surface area contributed by atoms with Crippen molar-refractivity contribution in [2.45, 2.75) is 26.5 Å². The molecule has 0 fully saturated rings. The number of amides is 1. The minimum absolute atomic E-state index is 0.0113. The Kier molecular flexibility index (Phi) is 7.66. The fourth-order valence-corrected chi connectivity index (χ4v) is 3.92. The monoisotopic (exact) mass is 474 g/mol. The Morgan fingerprint density at radius 2 is 1.93 bits per heavy atom. The summed E-state index contributed by atoms with van der Waals surface area (Å²) in [6.07, 6.45) is 0.886. The Labute approximate surface area is 183 Å². The first kappa shape index (κ1) is 21.3. The number of hydrogen-bond donors (Lipinski definition) is 0. The fraction of sp³-hybridized carbons (Fsp3) is 0.273. The number of thiazole rings is 1. The first-order valence-electron chi connectivity index (χ1n) is 9.34. The molecule has 152 valence electrons. The number of carbonyl (C=O) groups is 1. The van der Waals surface area contributed by atoms with Crippen LogP contribution < -0.4 is 9.47 Å². The van der Waals surface area contributed by atoms with E-state index in [1.54, 1.807) is 18.4 Å². The van der Waals surface area contributed by atoms with Gasteiger partial charge in [-0.3, -0.25) is 4.79 Å². The topological polar surface area (TPSA) is 51.7 Å². The third-order valence-electron chi connectivity index (χ3n) is 4.23. The zero-order chi connectivity index (χ0) is 20.6. The number of carbonyl (C=O) groups excluding carboxylic acids is 1. The molecular weight excluding hydrogens is 452 g/mol. The fourth-order valence-electron chi connectivity index (χ4n) is 2.83. The van der Waals surface area contributed by atoms with Crippen LogP contribution in [-0.2, 0) is 13.2 Å². The van der Waals surface area contributed by atoms with Crippen LogP contribution in [0.5, 0.6) is 11.5 Å². The number of aromatic nitrogens is 1. The lowest BCUT2D eigenvalue weighted by molar-refractivity contribution is 0.0741. The van der Waals surface area contributed by atoms with E-state index in [2.05, 4.69) is 27.8 Å². The Morgan fingerprint density at radius 1 is 1.17 bits per heavy atom. The largest absolute Gasteiger partial charge is 0.497 e. The second-order valence-corrected chi connectivity index (χ2v) is 8.29. The van der Waals surface area contributed by atoms with E-state index in [1.165, 1.54) is 0 Å². The molecule has 0 aliphatic carbocycles. The number of nitrogens with zero attached hydrogens (tertiary/aromatic N) is 2. The van der Waals surface area contributed by atoms with Crippen LogP contribution in [0.2, 0.25) is 0 Å². The molecule has 0 aliphatic rings. The Bertz CT molecular complexity index is 943. The van der Waals surface area contributed by atoms with Crippen LogP contribution in [0.25, 0.3) is 0 Å². The molecule has 7 heteroatoms. The number of benzene rings is 2. The van der Waals surface area contributed by atoms with E-state index in [4.69, 9.17) is 9.47 Å². The summed E-state index contributed by atoms with van der Waals surface area (Å²) in [5.41, 5.74) is 1.55. The maximum Gasteiger partial charge on any atom is 0.254 e. The summed E-state index contributed by atoms with van der Waals surface area (Å²) in [6, 6.07) is 14.9. The number of ether oxygens (including phenoxy) is 2. The van der Waals surface area contributed by atoms with Crippen LogP contribution >= 0.6 is 27.3 Å². The molecule has 0 atom stereocenters. The van der Waals surface area contributed by atoms with Gasteiger partial charge in [0.15, 0.2) is 0 Å². The minimum Gasteiger partial charge on any atom is -0.497 e. The van der Waals surface area contributed by atoms with Crippen LogP contribution in [0.1, 0.15) is 34.4 Å². The zero-order valence-electron chi connectivity index (χ0n) is 16.4. The smallest absolute Gasteiger partial charge is 0.254 e. The molecular formula is C22H23BrN2O3S. The summed E-state index contributed by atoms with van der Waals surface area (Å²) in [5.74, 6) is 1.57. The lowest BCUT2D eigenvalue weighted by Crippen LogP contribution is -2.31. The molecule has 0 saturated carbocycles. The number of halogens is 1. The van der Waals surface area contributed by atoms with Gasteiger partial charge in [0.05, 0.1) is 19.3 Å². The standard InChI is InChI=1S/C22H23BrN2O3S/c1-3-11-25(22(26)16-5-4-6-17(23)12-16)13-18-15-29-21(24-18)14-28-20-9-7-19(27-2)8-10-20/h4-10,12,15H,3,11,13-14H2,1-2H3. The van der Waals surface area contributed by atoms with Crippen molar-refractivity contribution in [1.29, 1.82) is 0 Å². The highest BCUT2D eigenvalue weighted by Gasteiger charge is 2.17. The van der Waals surface area contributed by atoms with Crippen LogP contribution in [0, 0.1) is 0 Å². The van der Waals surface area contributed by atoms with Crippen LogP contribution in [0.15, 0.2) is 58.4 Å². The molecule has 1 aromatic heterocycles. The van der Waals surface area contributed by atoms with Crippen LogP contribution in [0.3, 0.4) is 0 Å². The van der Waals surface area contributed by atoms with E-state index in [-0.39, 0.29) is 5.91 Å². The average molecular weight is 475 g/mol. The predicted molar refractivity (Wildman–Crippen MR) is 119 cm³/mol. The van der Waals surface area contributed by atoms with Gasteiger partial charge in [-0.2, -0.15) is 0 Å². The number of rotatable bonds is 9. The molecule has 1 amide bonds. The van der Waals surface area contributed by atoms with Crippen LogP contribution in [0.4, 0.5) is 0 Å². The Balaban J connectivity index is 1.62. The van der Waals surface area contributed by atoms with Crippen molar-refractivity contribution in [2.24, 2.45) is 0 Å². The summed E-state index contributed by atoms with van der Waals surface area (Å²) in [7, 11) is 1.64. The third-order valence-corrected chi connectivity index (χ3v) is 5.59. The molecule has 0 saturated heterocycles. The van der Waals surface area contributed by atoms with Crippen molar-refractivity contribution in [2.75, 3.05) is 13.7 Å². The highest BCUT2D eigenvalue weighted by atomic mass is 79.9. The molecule has 0 N–H and O–H groups in total. The SMILES string of the molecule is CCCN(Cc1csc(COc2ccc(OC)cc2)n1)C(=O)c1cccc(Br)c1. The van der Waals surface area contributed by atoms with Gasteiger partial charge < -0.3 is 14.4 Å². The van der Waals surface area contributed by atoms with Crippen molar-refractivity contribution >= 4 is 33.2 Å². The van der Waals surface area contributed by atoms with Gasteiger partial charge in [-0.15, -0.1) is 11.3 Å². The third kappa shape index (κ3) is 6.05. The van der Waals surface area contributed by atoms with Crippen LogP contribution in [-0.4, -0.2) is 29.4 Å². The Morgan fingerprint density at radius 3 is 2.62 bits per heavy atom. The second kappa shape index (κ2) is 10.4.